The molecule has 0 bridgehead atoms. The molecule has 6 nitrogen and oxygen atoms in total. The first-order chi connectivity index (χ1) is 14.5. The van der Waals surface area contributed by atoms with E-state index in [-0.39, 0.29) is 11.8 Å². The third-order valence-corrected chi connectivity index (χ3v) is 5.75. The molecular formula is C23H28N4O2S. The Labute approximate surface area is 181 Å². The van der Waals surface area contributed by atoms with E-state index >= 15 is 0 Å². The molecule has 1 aromatic heterocycles. The minimum absolute atomic E-state index is 0.0609. The first kappa shape index (κ1) is 21.9. The van der Waals surface area contributed by atoms with Gasteiger partial charge in [-0.3, -0.25) is 4.79 Å². The number of nitrogens with zero attached hydrogens (tertiary/aromatic N) is 2. The molecule has 0 saturated carbocycles. The number of aryl methyl sites for hydroxylation is 1. The second-order valence-corrected chi connectivity index (χ2v) is 8.04. The minimum atomic E-state index is -0.572. The highest BCUT2D eigenvalue weighted by Gasteiger charge is 2.27. The van der Waals surface area contributed by atoms with Crippen molar-refractivity contribution in [3.05, 3.63) is 71.0 Å². The Morgan fingerprint density at radius 1 is 1.20 bits per heavy atom. The predicted molar refractivity (Wildman–Crippen MR) is 122 cm³/mol. The summed E-state index contributed by atoms with van der Waals surface area (Å²) in [6.45, 7) is 4.13. The van der Waals surface area contributed by atoms with E-state index in [9.17, 15) is 4.79 Å². The average molecular weight is 425 g/mol. The molecule has 0 aliphatic carbocycles. The monoisotopic (exact) mass is 424 g/mol. The molecule has 7 heteroatoms. The largest absolute Gasteiger partial charge is 0.497 e. The van der Waals surface area contributed by atoms with Crippen molar-refractivity contribution in [2.24, 2.45) is 5.73 Å². The summed E-state index contributed by atoms with van der Waals surface area (Å²) in [7, 11) is 1.60. The second-order valence-electron chi connectivity index (χ2n) is 7.29. The summed E-state index contributed by atoms with van der Waals surface area (Å²) >= 11 is 1.26. The van der Waals surface area contributed by atoms with Crippen LogP contribution < -0.4 is 15.8 Å². The van der Waals surface area contributed by atoms with E-state index in [0.29, 0.717) is 22.9 Å². The number of nitrogens with two attached hydrogens (primary N) is 1. The lowest BCUT2D eigenvalue weighted by molar-refractivity contribution is 0.0957. The number of carbonyl (C=O) groups is 1. The van der Waals surface area contributed by atoms with Crippen molar-refractivity contribution in [3.63, 3.8) is 0 Å². The first-order valence-corrected chi connectivity index (χ1v) is 10.9. The van der Waals surface area contributed by atoms with Crippen LogP contribution in [0.25, 0.3) is 0 Å². The van der Waals surface area contributed by atoms with E-state index in [2.05, 4.69) is 40.7 Å². The molecule has 3 rings (SSSR count). The molecule has 158 valence electrons. The zero-order valence-electron chi connectivity index (χ0n) is 17.6. The summed E-state index contributed by atoms with van der Waals surface area (Å²) in [5.74, 6) is 1.38. The molecule has 3 N–H and O–H groups in total. The predicted octanol–water partition coefficient (Wildman–Crippen LogP) is 4.24. The van der Waals surface area contributed by atoms with Gasteiger partial charge in [0.1, 0.15) is 17.6 Å². The smallest absolute Gasteiger partial charge is 0.203 e. The topological polar surface area (TPSA) is 90.1 Å². The molecule has 0 fully saturated rings. The molecule has 2 unspecified atom stereocenters. The van der Waals surface area contributed by atoms with Gasteiger partial charge in [0.15, 0.2) is 5.78 Å². The highest BCUT2D eigenvalue weighted by atomic mass is 32.1. The fourth-order valence-electron chi connectivity index (χ4n) is 3.30. The average Bonchev–Trinajstić information content (AvgIpc) is 3.20. The van der Waals surface area contributed by atoms with Crippen LogP contribution in [0.1, 0.15) is 47.1 Å². The van der Waals surface area contributed by atoms with E-state index < -0.39 is 6.04 Å². The maximum atomic E-state index is 13.2. The Morgan fingerprint density at radius 2 is 1.93 bits per heavy atom. The zero-order chi connectivity index (χ0) is 21.5. The fourth-order valence-corrected chi connectivity index (χ4v) is 3.92. The number of carbonyl (C=O) groups excluding carboxylic acids is 1. The number of rotatable bonds is 10. The molecule has 0 radical (unpaired) electrons. The molecule has 30 heavy (non-hydrogen) atoms. The fraction of sp³-hybridized carbons (Fsp3) is 0.348. The maximum Gasteiger partial charge on any atom is 0.203 e. The van der Waals surface area contributed by atoms with Gasteiger partial charge in [0.25, 0.3) is 0 Å². The Kier molecular flexibility index (Phi) is 7.54. The molecule has 1 heterocycles. The lowest BCUT2D eigenvalue weighted by Crippen LogP contribution is -2.46. The van der Waals surface area contributed by atoms with Gasteiger partial charge < -0.3 is 15.8 Å². The first-order valence-electron chi connectivity index (χ1n) is 10.1. The number of nitrogens with one attached hydrogen (secondary N) is 1. The van der Waals surface area contributed by atoms with Crippen LogP contribution in [-0.4, -0.2) is 34.3 Å². The lowest BCUT2D eigenvalue weighted by atomic mass is 9.95. The normalized spacial score (nSPS) is 12.9. The third kappa shape index (κ3) is 5.43. The van der Waals surface area contributed by atoms with Crippen molar-refractivity contribution in [1.29, 1.82) is 0 Å². The van der Waals surface area contributed by atoms with Crippen LogP contribution >= 0.6 is 11.5 Å². The van der Waals surface area contributed by atoms with Crippen LogP contribution in [0, 0.1) is 6.92 Å². The zero-order valence-corrected chi connectivity index (χ0v) is 18.4. The van der Waals surface area contributed by atoms with Crippen molar-refractivity contribution in [1.82, 2.24) is 9.36 Å². The number of hydrogen-bond acceptors (Lipinski definition) is 7. The molecule has 0 spiro atoms. The third-order valence-electron chi connectivity index (χ3n) is 5.06. The van der Waals surface area contributed by atoms with Gasteiger partial charge in [-0.25, -0.2) is 4.98 Å². The Balaban J connectivity index is 1.77. The van der Waals surface area contributed by atoms with Gasteiger partial charge in [0.2, 0.25) is 5.13 Å². The van der Waals surface area contributed by atoms with Gasteiger partial charge in [-0.15, -0.1) is 0 Å². The van der Waals surface area contributed by atoms with Crippen LogP contribution in [0.2, 0.25) is 0 Å². The number of methoxy groups -OCH3 is 1. The number of hydrogen-bond donors (Lipinski definition) is 2. The van der Waals surface area contributed by atoms with Crippen LogP contribution in [0.15, 0.2) is 48.5 Å². The number of benzene rings is 2. The Morgan fingerprint density at radius 3 is 2.60 bits per heavy atom. The summed E-state index contributed by atoms with van der Waals surface area (Å²) in [5.41, 5.74) is 9.35. The van der Waals surface area contributed by atoms with Crippen molar-refractivity contribution in [3.8, 4) is 5.75 Å². The van der Waals surface area contributed by atoms with E-state index in [0.717, 1.165) is 18.7 Å². The van der Waals surface area contributed by atoms with Gasteiger partial charge in [0.05, 0.1) is 7.11 Å². The summed E-state index contributed by atoms with van der Waals surface area (Å²) in [6, 6.07) is 14.4. The Bertz CT molecular complexity index is 971. The van der Waals surface area contributed by atoms with E-state index in [1.807, 2.05) is 12.1 Å². The number of aromatic nitrogens is 2. The van der Waals surface area contributed by atoms with Crippen molar-refractivity contribution < 1.29 is 9.53 Å². The van der Waals surface area contributed by atoms with E-state index in [1.54, 1.807) is 31.4 Å². The molecule has 0 saturated heterocycles. The van der Waals surface area contributed by atoms with Crippen molar-refractivity contribution in [2.45, 2.75) is 45.2 Å². The number of ether oxygens (including phenoxy) is 1. The number of anilines is 1. The van der Waals surface area contributed by atoms with Crippen molar-refractivity contribution >= 4 is 22.4 Å². The molecule has 0 aliphatic heterocycles. The summed E-state index contributed by atoms with van der Waals surface area (Å²) in [6.07, 6.45) is 2.28. The van der Waals surface area contributed by atoms with Crippen molar-refractivity contribution in [2.75, 3.05) is 12.4 Å². The molecule has 0 amide bonds. The van der Waals surface area contributed by atoms with Gasteiger partial charge in [0, 0.05) is 29.6 Å². The Hall–Kier alpha value is -2.77. The molecule has 2 atom stereocenters. The van der Waals surface area contributed by atoms with Gasteiger partial charge in [-0.1, -0.05) is 37.6 Å². The summed E-state index contributed by atoms with van der Waals surface area (Å²) < 4.78 is 9.65. The van der Waals surface area contributed by atoms with E-state index in [1.165, 1.54) is 22.7 Å². The van der Waals surface area contributed by atoms with Crippen LogP contribution in [0.5, 0.6) is 5.75 Å². The number of ketones is 1. The quantitative estimate of drug-likeness (QED) is 0.473. The summed E-state index contributed by atoms with van der Waals surface area (Å²) in [5, 5.41) is 3.86. The highest BCUT2D eigenvalue weighted by molar-refractivity contribution is 7.09. The summed E-state index contributed by atoms with van der Waals surface area (Å²) in [4.78, 5) is 17.8. The second kappa shape index (κ2) is 10.3. The maximum absolute atomic E-state index is 13.2. The SMILES string of the molecule is CCCC(N)C(Nc1nc(Cc2ccccc2C)ns1)C(=O)c1ccc(OC)cc1. The van der Waals surface area contributed by atoms with E-state index in [4.69, 9.17) is 10.5 Å². The minimum Gasteiger partial charge on any atom is -0.497 e. The molecule has 0 aliphatic rings. The van der Waals surface area contributed by atoms with Gasteiger partial charge in [-0.05, 0) is 48.7 Å². The molecule has 3 aromatic rings. The van der Waals surface area contributed by atoms with Gasteiger partial charge >= 0.3 is 0 Å². The molecular weight excluding hydrogens is 396 g/mol. The van der Waals surface area contributed by atoms with Crippen LogP contribution in [0.3, 0.4) is 0 Å². The molecule has 2 aromatic carbocycles. The van der Waals surface area contributed by atoms with Gasteiger partial charge in [-0.2, -0.15) is 4.37 Å². The highest BCUT2D eigenvalue weighted by Crippen LogP contribution is 2.21. The standard InChI is InChI=1S/C23H28N4O2S/c1-4-7-19(24)21(22(28)16-10-12-18(29-3)13-11-16)26-23-25-20(27-30-23)14-17-9-6-5-8-15(17)2/h5-6,8-13,19,21H,4,7,14,24H2,1-3H3,(H,25,26,27). The number of Topliss-reactive ketones (excluding diaryl/α,β-unsaturated/α-hetero) is 1. The van der Waals surface area contributed by atoms with Crippen LogP contribution in [-0.2, 0) is 6.42 Å². The lowest BCUT2D eigenvalue weighted by Gasteiger charge is -2.23. The van der Waals surface area contributed by atoms with Crippen LogP contribution in [0.4, 0.5) is 5.13 Å².